The zero-order valence-electron chi connectivity index (χ0n) is 7.03. The minimum absolute atomic E-state index is 0.553. The highest BCUT2D eigenvalue weighted by Gasteiger charge is 2.10. The summed E-state index contributed by atoms with van der Waals surface area (Å²) >= 11 is 1.34. The van der Waals surface area contributed by atoms with Gasteiger partial charge < -0.3 is 5.73 Å². The Labute approximate surface area is 79.4 Å². The molecule has 0 atom stereocenters. The molecule has 2 aromatic heterocycles. The van der Waals surface area contributed by atoms with E-state index < -0.39 is 0 Å². The van der Waals surface area contributed by atoms with E-state index in [1.807, 2.05) is 13.0 Å². The van der Waals surface area contributed by atoms with Gasteiger partial charge in [-0.3, -0.25) is 0 Å². The van der Waals surface area contributed by atoms with Crippen LogP contribution in [0.4, 0.5) is 5.69 Å². The van der Waals surface area contributed by atoms with Gasteiger partial charge in [-0.25, -0.2) is 4.98 Å². The van der Waals surface area contributed by atoms with Crippen LogP contribution in [0.5, 0.6) is 0 Å². The predicted molar refractivity (Wildman–Crippen MR) is 53.5 cm³/mol. The highest BCUT2D eigenvalue weighted by atomic mass is 32.1. The summed E-state index contributed by atoms with van der Waals surface area (Å²) in [6.45, 7) is 1.97. The van der Waals surface area contributed by atoms with Crippen LogP contribution in [-0.2, 0) is 0 Å². The summed E-state index contributed by atoms with van der Waals surface area (Å²) in [5, 5.41) is 9.68. The quantitative estimate of drug-likeness (QED) is 0.690. The van der Waals surface area contributed by atoms with E-state index in [1.165, 1.54) is 11.3 Å². The van der Waals surface area contributed by atoms with E-state index in [4.69, 9.17) is 11.0 Å². The highest BCUT2D eigenvalue weighted by molar-refractivity contribution is 7.19. The van der Waals surface area contributed by atoms with Crippen molar-refractivity contribution < 1.29 is 0 Å². The maximum absolute atomic E-state index is 8.76. The van der Waals surface area contributed by atoms with Gasteiger partial charge >= 0.3 is 0 Å². The SMILES string of the molecule is Cc1ccnc2sc(C#N)c(N)c12. The molecule has 4 heteroatoms. The topological polar surface area (TPSA) is 62.7 Å². The zero-order valence-corrected chi connectivity index (χ0v) is 7.85. The molecule has 0 bridgehead atoms. The fourth-order valence-corrected chi connectivity index (χ4v) is 2.22. The molecule has 0 amide bonds. The van der Waals surface area contributed by atoms with Gasteiger partial charge in [-0.1, -0.05) is 0 Å². The van der Waals surface area contributed by atoms with Crippen LogP contribution in [-0.4, -0.2) is 4.98 Å². The van der Waals surface area contributed by atoms with Gasteiger partial charge in [0.1, 0.15) is 15.8 Å². The Morgan fingerprint density at radius 3 is 3.00 bits per heavy atom. The molecule has 3 nitrogen and oxygen atoms in total. The zero-order chi connectivity index (χ0) is 9.42. The van der Waals surface area contributed by atoms with Crippen molar-refractivity contribution in [3.8, 4) is 6.07 Å². The van der Waals surface area contributed by atoms with E-state index in [0.717, 1.165) is 15.8 Å². The number of thiophene rings is 1. The smallest absolute Gasteiger partial charge is 0.130 e. The average Bonchev–Trinajstić information content (AvgIpc) is 2.44. The number of fused-ring (bicyclic) bond motifs is 1. The van der Waals surface area contributed by atoms with Crippen LogP contribution in [0.25, 0.3) is 10.2 Å². The molecule has 0 fully saturated rings. The van der Waals surface area contributed by atoms with Crippen LogP contribution in [0.1, 0.15) is 10.4 Å². The predicted octanol–water partition coefficient (Wildman–Crippen LogP) is 2.06. The van der Waals surface area contributed by atoms with Gasteiger partial charge in [0.25, 0.3) is 0 Å². The Morgan fingerprint density at radius 2 is 2.38 bits per heavy atom. The number of rotatable bonds is 0. The third-order valence-electron chi connectivity index (χ3n) is 1.94. The molecule has 2 heterocycles. The van der Waals surface area contributed by atoms with Crippen molar-refractivity contribution in [1.29, 1.82) is 5.26 Å². The van der Waals surface area contributed by atoms with Crippen LogP contribution in [0.3, 0.4) is 0 Å². The molecule has 0 aliphatic heterocycles. The van der Waals surface area contributed by atoms with Crippen molar-refractivity contribution in [1.82, 2.24) is 4.98 Å². The number of anilines is 1. The molecule has 64 valence electrons. The van der Waals surface area contributed by atoms with E-state index >= 15 is 0 Å². The molecule has 0 spiro atoms. The Hall–Kier alpha value is -1.60. The minimum Gasteiger partial charge on any atom is -0.396 e. The van der Waals surface area contributed by atoms with E-state index in [0.29, 0.717) is 10.6 Å². The summed E-state index contributed by atoms with van der Waals surface area (Å²) in [5.74, 6) is 0. The maximum atomic E-state index is 8.76. The van der Waals surface area contributed by atoms with Crippen molar-refractivity contribution in [2.45, 2.75) is 6.92 Å². The van der Waals surface area contributed by atoms with Crippen LogP contribution in [0.2, 0.25) is 0 Å². The lowest BCUT2D eigenvalue weighted by atomic mass is 10.2. The fraction of sp³-hybridized carbons (Fsp3) is 0.111. The summed E-state index contributed by atoms with van der Waals surface area (Å²) in [6, 6.07) is 3.96. The van der Waals surface area contributed by atoms with E-state index in [9.17, 15) is 0 Å². The first-order chi connectivity index (χ1) is 6.24. The summed E-state index contributed by atoms with van der Waals surface area (Å²) in [5.41, 5.74) is 7.43. The van der Waals surface area contributed by atoms with Crippen LogP contribution in [0.15, 0.2) is 12.3 Å². The summed E-state index contributed by atoms with van der Waals surface area (Å²) in [7, 11) is 0. The third kappa shape index (κ3) is 1.05. The van der Waals surface area contributed by atoms with Crippen molar-refractivity contribution in [2.24, 2.45) is 0 Å². The molecule has 2 rings (SSSR count). The first kappa shape index (κ1) is 8.02. The van der Waals surface area contributed by atoms with Gasteiger partial charge in [0.15, 0.2) is 0 Å². The number of hydrogen-bond donors (Lipinski definition) is 1. The molecule has 2 N–H and O–H groups in total. The molecular weight excluding hydrogens is 182 g/mol. The van der Waals surface area contributed by atoms with Gasteiger partial charge in [-0.05, 0) is 18.6 Å². The van der Waals surface area contributed by atoms with E-state index in [2.05, 4.69) is 11.1 Å². The molecule has 2 aromatic rings. The highest BCUT2D eigenvalue weighted by Crippen LogP contribution is 2.33. The number of hydrogen-bond acceptors (Lipinski definition) is 4. The molecule has 0 aromatic carbocycles. The molecule has 0 saturated carbocycles. The van der Waals surface area contributed by atoms with Crippen molar-refractivity contribution in [3.05, 3.63) is 22.7 Å². The lowest BCUT2D eigenvalue weighted by Crippen LogP contribution is -1.86. The Bertz CT molecular complexity index is 507. The van der Waals surface area contributed by atoms with Gasteiger partial charge in [-0.15, -0.1) is 11.3 Å². The standard InChI is InChI=1S/C9H7N3S/c1-5-2-3-12-9-7(5)8(11)6(4-10)13-9/h2-3H,11H2,1H3. The third-order valence-corrected chi connectivity index (χ3v) is 2.96. The molecular formula is C9H7N3S. The molecule has 13 heavy (non-hydrogen) atoms. The molecule has 0 radical (unpaired) electrons. The van der Waals surface area contributed by atoms with Crippen molar-refractivity contribution in [2.75, 3.05) is 5.73 Å². The van der Waals surface area contributed by atoms with E-state index in [-0.39, 0.29) is 0 Å². The van der Waals surface area contributed by atoms with Crippen LogP contribution in [0, 0.1) is 18.3 Å². The number of pyridine rings is 1. The van der Waals surface area contributed by atoms with Gasteiger partial charge in [-0.2, -0.15) is 5.26 Å². The molecule has 0 saturated heterocycles. The summed E-state index contributed by atoms with van der Waals surface area (Å²) < 4.78 is 0. The van der Waals surface area contributed by atoms with Crippen LogP contribution >= 0.6 is 11.3 Å². The number of nitrogens with two attached hydrogens (primary N) is 1. The monoisotopic (exact) mass is 189 g/mol. The Morgan fingerprint density at radius 1 is 1.62 bits per heavy atom. The Kier molecular flexibility index (Phi) is 1.67. The van der Waals surface area contributed by atoms with Gasteiger partial charge in [0.2, 0.25) is 0 Å². The molecule has 0 aliphatic carbocycles. The van der Waals surface area contributed by atoms with Gasteiger partial charge in [0, 0.05) is 11.6 Å². The average molecular weight is 189 g/mol. The summed E-state index contributed by atoms with van der Waals surface area (Å²) in [4.78, 5) is 5.55. The summed E-state index contributed by atoms with van der Waals surface area (Å²) in [6.07, 6.45) is 1.73. The van der Waals surface area contributed by atoms with Gasteiger partial charge in [0.05, 0.1) is 5.69 Å². The second-order valence-corrected chi connectivity index (χ2v) is 3.76. The lowest BCUT2D eigenvalue weighted by molar-refractivity contribution is 1.40. The lowest BCUT2D eigenvalue weighted by Gasteiger charge is -1.94. The van der Waals surface area contributed by atoms with E-state index in [1.54, 1.807) is 6.20 Å². The second-order valence-electron chi connectivity index (χ2n) is 2.76. The maximum Gasteiger partial charge on any atom is 0.130 e. The number of nitrogen functional groups attached to an aromatic ring is 1. The molecule has 0 unspecified atom stereocenters. The van der Waals surface area contributed by atoms with Crippen LogP contribution < -0.4 is 5.73 Å². The fourth-order valence-electron chi connectivity index (χ4n) is 1.29. The number of nitrogens with zero attached hydrogens (tertiary/aromatic N) is 2. The minimum atomic E-state index is 0.553. The number of nitriles is 1. The molecule has 0 aliphatic rings. The largest absolute Gasteiger partial charge is 0.396 e. The Balaban J connectivity index is 2.95. The number of aromatic nitrogens is 1. The second kappa shape index (κ2) is 2.71. The first-order valence-electron chi connectivity index (χ1n) is 3.77. The normalized spacial score (nSPS) is 10.2. The first-order valence-corrected chi connectivity index (χ1v) is 4.59. The van der Waals surface area contributed by atoms with Crippen molar-refractivity contribution in [3.63, 3.8) is 0 Å². The van der Waals surface area contributed by atoms with Crippen molar-refractivity contribution >= 4 is 27.2 Å². The number of aryl methyl sites for hydroxylation is 1.